The SMILES string of the molecule is CCN(CC)Cc1cnc2n1C(c1ccccc1[N+](=O)[O-])C(C(=O)OC)=C(C)N2. The number of nitro groups is 1. The van der Waals surface area contributed by atoms with Crippen molar-refractivity contribution in [2.75, 3.05) is 25.5 Å². The number of aromatic nitrogens is 2. The zero-order valence-corrected chi connectivity index (χ0v) is 17.0. The van der Waals surface area contributed by atoms with E-state index in [0.717, 1.165) is 18.8 Å². The van der Waals surface area contributed by atoms with Gasteiger partial charge in [0.15, 0.2) is 0 Å². The highest BCUT2D eigenvalue weighted by Gasteiger charge is 2.38. The third kappa shape index (κ3) is 3.73. The summed E-state index contributed by atoms with van der Waals surface area (Å²) < 4.78 is 6.88. The number of esters is 1. The molecule has 2 heterocycles. The molecule has 0 aliphatic carbocycles. The summed E-state index contributed by atoms with van der Waals surface area (Å²) in [6, 6.07) is 5.75. The van der Waals surface area contributed by atoms with Crippen LogP contribution in [0.15, 0.2) is 41.7 Å². The number of rotatable bonds is 7. The van der Waals surface area contributed by atoms with Crippen molar-refractivity contribution in [1.82, 2.24) is 14.5 Å². The number of nitrogens with zero attached hydrogens (tertiary/aromatic N) is 4. The number of nitrogens with one attached hydrogen (secondary N) is 1. The van der Waals surface area contributed by atoms with E-state index < -0.39 is 16.9 Å². The van der Waals surface area contributed by atoms with Crippen LogP contribution < -0.4 is 5.32 Å². The van der Waals surface area contributed by atoms with Crippen LogP contribution in [0.2, 0.25) is 0 Å². The number of fused-ring (bicyclic) bond motifs is 1. The topological polar surface area (TPSA) is 103 Å². The number of ether oxygens (including phenoxy) is 1. The van der Waals surface area contributed by atoms with E-state index >= 15 is 0 Å². The number of benzene rings is 1. The minimum Gasteiger partial charge on any atom is -0.466 e. The van der Waals surface area contributed by atoms with Crippen LogP contribution in [0.5, 0.6) is 0 Å². The van der Waals surface area contributed by atoms with E-state index in [0.29, 0.717) is 29.3 Å². The quantitative estimate of drug-likeness (QED) is 0.433. The van der Waals surface area contributed by atoms with Crippen molar-refractivity contribution in [3.63, 3.8) is 0 Å². The van der Waals surface area contributed by atoms with Crippen molar-refractivity contribution in [2.24, 2.45) is 0 Å². The van der Waals surface area contributed by atoms with E-state index in [9.17, 15) is 14.9 Å². The molecule has 1 N–H and O–H groups in total. The molecule has 29 heavy (non-hydrogen) atoms. The number of carbonyl (C=O) groups is 1. The molecule has 9 heteroatoms. The molecule has 9 nitrogen and oxygen atoms in total. The molecule has 154 valence electrons. The van der Waals surface area contributed by atoms with Gasteiger partial charge < -0.3 is 14.6 Å². The van der Waals surface area contributed by atoms with Crippen LogP contribution in [0.4, 0.5) is 11.6 Å². The molecule has 1 aromatic heterocycles. The van der Waals surface area contributed by atoms with E-state index in [1.54, 1.807) is 31.3 Å². The lowest BCUT2D eigenvalue weighted by Crippen LogP contribution is -2.31. The van der Waals surface area contributed by atoms with Crippen LogP contribution in [0.3, 0.4) is 0 Å². The number of carbonyl (C=O) groups excluding carboxylic acids is 1. The Kier molecular flexibility index (Phi) is 5.97. The number of para-hydroxylation sites is 1. The van der Waals surface area contributed by atoms with Crippen molar-refractivity contribution in [3.8, 4) is 0 Å². The van der Waals surface area contributed by atoms with Gasteiger partial charge in [0.05, 0.1) is 35.1 Å². The first kappa shape index (κ1) is 20.5. The minimum atomic E-state index is -0.714. The Balaban J connectivity index is 2.24. The van der Waals surface area contributed by atoms with Gasteiger partial charge in [-0.3, -0.25) is 15.0 Å². The van der Waals surface area contributed by atoms with Crippen molar-refractivity contribution in [1.29, 1.82) is 0 Å². The molecule has 1 atom stereocenters. The molecule has 0 amide bonds. The van der Waals surface area contributed by atoms with E-state index in [2.05, 4.69) is 29.0 Å². The second-order valence-corrected chi connectivity index (χ2v) is 6.78. The summed E-state index contributed by atoms with van der Waals surface area (Å²) in [4.78, 5) is 30.7. The van der Waals surface area contributed by atoms with Crippen LogP contribution >= 0.6 is 0 Å². The predicted molar refractivity (Wildman–Crippen MR) is 108 cm³/mol. The third-order valence-corrected chi connectivity index (χ3v) is 5.22. The number of methoxy groups -OCH3 is 1. The molecule has 0 radical (unpaired) electrons. The number of allylic oxidation sites excluding steroid dienone is 1. The molecule has 0 saturated carbocycles. The highest BCUT2D eigenvalue weighted by molar-refractivity contribution is 5.92. The molecule has 1 aliphatic heterocycles. The maximum Gasteiger partial charge on any atom is 0.337 e. The zero-order valence-electron chi connectivity index (χ0n) is 17.0. The summed E-state index contributed by atoms with van der Waals surface area (Å²) in [6.07, 6.45) is 1.75. The number of hydrogen-bond donors (Lipinski definition) is 1. The monoisotopic (exact) mass is 399 g/mol. The second kappa shape index (κ2) is 8.44. The Hall–Kier alpha value is -3.20. The van der Waals surface area contributed by atoms with Crippen molar-refractivity contribution in [3.05, 3.63) is 63.1 Å². The average molecular weight is 399 g/mol. The van der Waals surface area contributed by atoms with Crippen LogP contribution in [0.1, 0.15) is 38.1 Å². The van der Waals surface area contributed by atoms with Gasteiger partial charge in [0.2, 0.25) is 5.95 Å². The third-order valence-electron chi connectivity index (χ3n) is 5.22. The maximum absolute atomic E-state index is 12.7. The summed E-state index contributed by atoms with van der Waals surface area (Å²) in [5, 5.41) is 14.9. The smallest absolute Gasteiger partial charge is 0.337 e. The Morgan fingerprint density at radius 2 is 2.03 bits per heavy atom. The zero-order chi connectivity index (χ0) is 21.1. The van der Waals surface area contributed by atoms with Gasteiger partial charge in [0.1, 0.15) is 6.04 Å². The Bertz CT molecular complexity index is 962. The number of hydrogen-bond acceptors (Lipinski definition) is 7. The van der Waals surface area contributed by atoms with E-state index in [1.165, 1.54) is 13.2 Å². The Morgan fingerprint density at radius 3 is 2.66 bits per heavy atom. The first-order valence-corrected chi connectivity index (χ1v) is 9.50. The van der Waals surface area contributed by atoms with Gasteiger partial charge in [-0.25, -0.2) is 9.78 Å². The van der Waals surface area contributed by atoms with Crippen molar-refractivity contribution in [2.45, 2.75) is 33.4 Å². The molecule has 3 rings (SSSR count). The van der Waals surface area contributed by atoms with Gasteiger partial charge in [-0.2, -0.15) is 0 Å². The largest absolute Gasteiger partial charge is 0.466 e. The summed E-state index contributed by atoms with van der Waals surface area (Å²) in [7, 11) is 1.30. The summed E-state index contributed by atoms with van der Waals surface area (Å²) in [6.45, 7) is 8.18. The molecular formula is C20H25N5O4. The number of anilines is 1. The number of imidazole rings is 1. The lowest BCUT2D eigenvalue weighted by Gasteiger charge is -2.31. The Labute approximate surface area is 169 Å². The second-order valence-electron chi connectivity index (χ2n) is 6.78. The van der Waals surface area contributed by atoms with Gasteiger partial charge in [-0.1, -0.05) is 26.0 Å². The molecule has 0 fully saturated rings. The minimum absolute atomic E-state index is 0.0537. The van der Waals surface area contributed by atoms with Gasteiger partial charge in [-0.05, 0) is 26.1 Å². The van der Waals surface area contributed by atoms with E-state index in [1.807, 2.05) is 4.57 Å². The molecule has 1 unspecified atom stereocenters. The van der Waals surface area contributed by atoms with Crippen LogP contribution in [0.25, 0.3) is 0 Å². The molecule has 2 aromatic rings. The summed E-state index contributed by atoms with van der Waals surface area (Å²) >= 11 is 0. The molecule has 1 aromatic carbocycles. The normalized spacial score (nSPS) is 15.8. The highest BCUT2D eigenvalue weighted by atomic mass is 16.6. The maximum atomic E-state index is 12.7. The molecular weight excluding hydrogens is 374 g/mol. The van der Waals surface area contributed by atoms with Gasteiger partial charge in [0, 0.05) is 18.3 Å². The van der Waals surface area contributed by atoms with Crippen molar-refractivity contribution < 1.29 is 14.5 Å². The van der Waals surface area contributed by atoms with Gasteiger partial charge >= 0.3 is 5.97 Å². The summed E-state index contributed by atoms with van der Waals surface area (Å²) in [5.74, 6) is 0.00625. The first-order valence-electron chi connectivity index (χ1n) is 9.50. The van der Waals surface area contributed by atoms with Gasteiger partial charge in [-0.15, -0.1) is 0 Å². The molecule has 0 saturated heterocycles. The predicted octanol–water partition coefficient (Wildman–Crippen LogP) is 3.10. The lowest BCUT2D eigenvalue weighted by molar-refractivity contribution is -0.385. The van der Waals surface area contributed by atoms with Gasteiger partial charge in [0.25, 0.3) is 5.69 Å². The molecule has 0 bridgehead atoms. The molecule has 1 aliphatic rings. The summed E-state index contributed by atoms with van der Waals surface area (Å²) in [5.41, 5.74) is 2.11. The standard InChI is InChI=1S/C20H25N5O4/c1-5-23(6-2)12-14-11-21-20-22-13(3)17(19(26)29-4)18(24(14)20)15-9-7-8-10-16(15)25(27)28/h7-11,18H,5-6,12H2,1-4H3,(H,21,22). The van der Waals surface area contributed by atoms with E-state index in [4.69, 9.17) is 4.74 Å². The van der Waals surface area contributed by atoms with Crippen molar-refractivity contribution >= 4 is 17.6 Å². The fourth-order valence-corrected chi connectivity index (χ4v) is 3.69. The number of nitro benzene ring substituents is 1. The highest BCUT2D eigenvalue weighted by Crippen LogP contribution is 2.41. The fourth-order valence-electron chi connectivity index (χ4n) is 3.69. The average Bonchev–Trinajstić information content (AvgIpc) is 3.12. The fraction of sp³-hybridized carbons (Fsp3) is 0.400. The molecule has 0 spiro atoms. The Morgan fingerprint density at radius 1 is 1.34 bits per heavy atom. The van der Waals surface area contributed by atoms with Crippen LogP contribution in [-0.4, -0.2) is 45.5 Å². The van der Waals surface area contributed by atoms with E-state index in [-0.39, 0.29) is 5.69 Å². The lowest BCUT2D eigenvalue weighted by atomic mass is 9.93. The van der Waals surface area contributed by atoms with Crippen LogP contribution in [0, 0.1) is 10.1 Å². The first-order chi connectivity index (χ1) is 13.9. The van der Waals surface area contributed by atoms with Crippen LogP contribution in [-0.2, 0) is 16.1 Å².